The topological polar surface area (TPSA) is 41.5 Å². The molecular weight excluding hydrogens is 356 g/mol. The Hall–Kier alpha value is -3.20. The second-order valence-corrected chi connectivity index (χ2v) is 7.55. The van der Waals surface area contributed by atoms with Gasteiger partial charge in [0.1, 0.15) is 0 Å². The summed E-state index contributed by atoms with van der Waals surface area (Å²) < 4.78 is 0. The largest absolute Gasteiger partial charge is 0.273 e. The Labute approximate surface area is 172 Å². The van der Waals surface area contributed by atoms with Gasteiger partial charge in [0.05, 0.1) is 5.71 Å². The molecule has 1 unspecified atom stereocenters. The lowest BCUT2D eigenvalue weighted by Crippen LogP contribution is -2.21. The summed E-state index contributed by atoms with van der Waals surface area (Å²) in [6.07, 6.45) is 4.87. The number of hydrogen-bond acceptors (Lipinski definition) is 2. The maximum Gasteiger partial charge on any atom is 0.240 e. The number of carbonyl (C=O) groups is 1. The molecule has 0 saturated heterocycles. The highest BCUT2D eigenvalue weighted by molar-refractivity contribution is 6.13. The predicted molar refractivity (Wildman–Crippen MR) is 118 cm³/mol. The van der Waals surface area contributed by atoms with Gasteiger partial charge in [0.25, 0.3) is 0 Å². The molecule has 4 rings (SSSR count). The van der Waals surface area contributed by atoms with Gasteiger partial charge in [0.2, 0.25) is 5.91 Å². The van der Waals surface area contributed by atoms with Gasteiger partial charge in [-0.05, 0) is 42.7 Å². The molecule has 1 aliphatic rings. The summed E-state index contributed by atoms with van der Waals surface area (Å²) in [4.78, 5) is 12.5. The highest BCUT2D eigenvalue weighted by Gasteiger charge is 2.20. The standard InChI is InChI=1S/C26H26N2O/c29-25(19-18-21-16-9-15-20-10-7-8-17-24(20)21)27-28-26(22-11-3-1-4-12-22)23-13-5-2-6-14-23/h1-8,10-14,17,21H,9,15-16,18-19H2,(H,27,29). The molecule has 0 bridgehead atoms. The van der Waals surface area contributed by atoms with Crippen LogP contribution >= 0.6 is 0 Å². The first kappa shape index (κ1) is 19.1. The van der Waals surface area contributed by atoms with E-state index in [9.17, 15) is 4.79 Å². The first-order valence-corrected chi connectivity index (χ1v) is 10.4. The third-order valence-corrected chi connectivity index (χ3v) is 5.60. The number of rotatable bonds is 6. The second kappa shape index (κ2) is 9.33. The molecule has 1 atom stereocenters. The van der Waals surface area contributed by atoms with Crippen LogP contribution in [0.4, 0.5) is 0 Å². The van der Waals surface area contributed by atoms with Crippen LogP contribution in [0.25, 0.3) is 0 Å². The molecule has 146 valence electrons. The SMILES string of the molecule is O=C(CCC1CCCc2ccccc21)NN=C(c1ccccc1)c1ccccc1. The van der Waals surface area contributed by atoms with E-state index in [4.69, 9.17) is 0 Å². The molecule has 0 saturated carbocycles. The van der Waals surface area contributed by atoms with Gasteiger partial charge in [-0.2, -0.15) is 5.10 Å². The predicted octanol–water partition coefficient (Wildman–Crippen LogP) is 5.46. The zero-order chi connectivity index (χ0) is 19.9. The van der Waals surface area contributed by atoms with E-state index < -0.39 is 0 Å². The van der Waals surface area contributed by atoms with Gasteiger partial charge in [-0.3, -0.25) is 4.79 Å². The second-order valence-electron chi connectivity index (χ2n) is 7.55. The van der Waals surface area contributed by atoms with Crippen molar-refractivity contribution in [3.8, 4) is 0 Å². The molecule has 0 fully saturated rings. The minimum absolute atomic E-state index is 0.0302. The van der Waals surface area contributed by atoms with Gasteiger partial charge in [-0.25, -0.2) is 5.43 Å². The monoisotopic (exact) mass is 382 g/mol. The molecule has 0 spiro atoms. The number of nitrogens with zero attached hydrogens (tertiary/aromatic N) is 1. The van der Waals surface area contributed by atoms with Gasteiger partial charge in [0.15, 0.2) is 0 Å². The van der Waals surface area contributed by atoms with Crippen molar-refractivity contribution in [1.82, 2.24) is 5.43 Å². The first-order valence-electron chi connectivity index (χ1n) is 10.4. The lowest BCUT2D eigenvalue weighted by molar-refractivity contribution is -0.121. The van der Waals surface area contributed by atoms with Crippen molar-refractivity contribution in [2.75, 3.05) is 0 Å². The van der Waals surface area contributed by atoms with Crippen molar-refractivity contribution in [3.63, 3.8) is 0 Å². The van der Waals surface area contributed by atoms with Crippen molar-refractivity contribution < 1.29 is 4.79 Å². The Morgan fingerprint density at radius 1 is 0.862 bits per heavy atom. The van der Waals surface area contributed by atoms with Gasteiger partial charge in [0, 0.05) is 17.5 Å². The van der Waals surface area contributed by atoms with Crippen molar-refractivity contribution >= 4 is 11.6 Å². The smallest absolute Gasteiger partial charge is 0.240 e. The van der Waals surface area contributed by atoms with Gasteiger partial charge in [-0.15, -0.1) is 0 Å². The zero-order valence-electron chi connectivity index (χ0n) is 16.6. The van der Waals surface area contributed by atoms with Crippen molar-refractivity contribution in [3.05, 3.63) is 107 Å². The number of benzene rings is 3. The molecule has 29 heavy (non-hydrogen) atoms. The number of carbonyl (C=O) groups excluding carboxylic acids is 1. The number of hydrogen-bond donors (Lipinski definition) is 1. The minimum Gasteiger partial charge on any atom is -0.273 e. The number of hydrazone groups is 1. The van der Waals surface area contributed by atoms with Gasteiger partial charge in [-0.1, -0.05) is 84.9 Å². The van der Waals surface area contributed by atoms with E-state index in [1.165, 1.54) is 17.5 Å². The molecule has 0 aromatic heterocycles. The van der Waals surface area contributed by atoms with Crippen molar-refractivity contribution in [1.29, 1.82) is 0 Å². The fourth-order valence-electron chi connectivity index (χ4n) is 4.12. The Bertz CT molecular complexity index is 938. The molecule has 3 heteroatoms. The van der Waals surface area contributed by atoms with E-state index in [1.807, 2.05) is 60.7 Å². The van der Waals surface area contributed by atoms with Crippen molar-refractivity contribution in [2.45, 2.75) is 38.0 Å². The third-order valence-electron chi connectivity index (χ3n) is 5.60. The molecule has 3 aromatic rings. The van der Waals surface area contributed by atoms with E-state index in [0.29, 0.717) is 12.3 Å². The molecule has 3 aromatic carbocycles. The average Bonchev–Trinajstić information content (AvgIpc) is 2.79. The van der Waals surface area contributed by atoms with Crippen LogP contribution in [0.3, 0.4) is 0 Å². The van der Waals surface area contributed by atoms with Crippen LogP contribution in [-0.2, 0) is 11.2 Å². The molecule has 3 nitrogen and oxygen atoms in total. The van der Waals surface area contributed by atoms with Crippen LogP contribution in [0.1, 0.15) is 53.9 Å². The van der Waals surface area contributed by atoms with Crippen LogP contribution in [0, 0.1) is 0 Å². The molecule has 0 heterocycles. The first-order chi connectivity index (χ1) is 14.3. The van der Waals surface area contributed by atoms with Crippen LogP contribution in [0.5, 0.6) is 0 Å². The fraction of sp³-hybridized carbons (Fsp3) is 0.231. The van der Waals surface area contributed by atoms with Gasteiger partial charge < -0.3 is 0 Å². The molecule has 1 aliphatic carbocycles. The molecular formula is C26H26N2O. The Balaban J connectivity index is 1.44. The Morgan fingerprint density at radius 3 is 2.17 bits per heavy atom. The van der Waals surface area contributed by atoms with Crippen LogP contribution in [0.2, 0.25) is 0 Å². The maximum absolute atomic E-state index is 12.5. The number of aryl methyl sites for hydroxylation is 1. The van der Waals surface area contributed by atoms with Crippen LogP contribution in [-0.4, -0.2) is 11.6 Å². The van der Waals surface area contributed by atoms with E-state index in [0.717, 1.165) is 36.1 Å². The normalized spacial score (nSPS) is 15.2. The molecule has 1 N–H and O–H groups in total. The summed E-state index contributed by atoms with van der Waals surface area (Å²) in [5, 5.41) is 4.49. The summed E-state index contributed by atoms with van der Waals surface area (Å²) >= 11 is 0. The lowest BCUT2D eigenvalue weighted by atomic mass is 9.80. The molecule has 0 radical (unpaired) electrons. The molecule has 0 aliphatic heterocycles. The van der Waals surface area contributed by atoms with E-state index in [1.54, 1.807) is 0 Å². The lowest BCUT2D eigenvalue weighted by Gasteiger charge is -2.25. The average molecular weight is 383 g/mol. The quantitative estimate of drug-likeness (QED) is 0.447. The highest BCUT2D eigenvalue weighted by Crippen LogP contribution is 2.34. The minimum atomic E-state index is -0.0302. The van der Waals surface area contributed by atoms with Crippen molar-refractivity contribution in [2.24, 2.45) is 5.10 Å². The Kier molecular flexibility index (Phi) is 6.16. The zero-order valence-corrected chi connectivity index (χ0v) is 16.6. The molecule has 1 amide bonds. The number of fused-ring (bicyclic) bond motifs is 1. The maximum atomic E-state index is 12.5. The summed E-state index contributed by atoms with van der Waals surface area (Å²) in [5.41, 5.74) is 8.41. The summed E-state index contributed by atoms with van der Waals surface area (Å²) in [6, 6.07) is 28.6. The van der Waals surface area contributed by atoms with E-state index in [2.05, 4.69) is 34.8 Å². The van der Waals surface area contributed by atoms with Crippen LogP contribution in [0.15, 0.2) is 90.0 Å². The van der Waals surface area contributed by atoms with Gasteiger partial charge >= 0.3 is 0 Å². The van der Waals surface area contributed by atoms with E-state index >= 15 is 0 Å². The van der Waals surface area contributed by atoms with E-state index in [-0.39, 0.29) is 5.91 Å². The fourth-order valence-corrected chi connectivity index (χ4v) is 4.12. The Morgan fingerprint density at radius 2 is 1.48 bits per heavy atom. The summed E-state index contributed by atoms with van der Waals surface area (Å²) in [6.45, 7) is 0. The van der Waals surface area contributed by atoms with Crippen LogP contribution < -0.4 is 5.43 Å². The number of amides is 1. The summed E-state index contributed by atoms with van der Waals surface area (Å²) in [7, 11) is 0. The number of nitrogens with one attached hydrogen (secondary N) is 1. The third kappa shape index (κ3) is 4.80. The summed E-state index contributed by atoms with van der Waals surface area (Å²) in [5.74, 6) is 0.440. The highest BCUT2D eigenvalue weighted by atomic mass is 16.2.